The Balaban J connectivity index is 2.25. The highest BCUT2D eigenvalue weighted by molar-refractivity contribution is 6.30. The van der Waals surface area contributed by atoms with E-state index in [9.17, 15) is 22.8 Å². The number of halogens is 4. The SMILES string of the molecule is CC(c1ccccc1)N(C)C(=O)Cn1cc(C(F)(F)F)cc(Cl)c1=O. The van der Waals surface area contributed by atoms with Gasteiger partial charge in [0.25, 0.3) is 5.56 Å². The second kappa shape index (κ2) is 7.31. The molecular formula is C17H16ClF3N2O2. The van der Waals surface area contributed by atoms with Gasteiger partial charge < -0.3 is 9.47 Å². The van der Waals surface area contributed by atoms with Gasteiger partial charge in [0.05, 0.1) is 11.6 Å². The maximum absolute atomic E-state index is 12.9. The van der Waals surface area contributed by atoms with E-state index in [2.05, 4.69) is 0 Å². The summed E-state index contributed by atoms with van der Waals surface area (Å²) in [6, 6.07) is 9.40. The molecule has 0 spiro atoms. The molecule has 0 N–H and O–H groups in total. The fourth-order valence-electron chi connectivity index (χ4n) is 2.30. The Hall–Kier alpha value is -2.28. The van der Waals surface area contributed by atoms with E-state index in [0.29, 0.717) is 16.8 Å². The number of carbonyl (C=O) groups is 1. The van der Waals surface area contributed by atoms with Gasteiger partial charge in [-0.3, -0.25) is 9.59 Å². The summed E-state index contributed by atoms with van der Waals surface area (Å²) in [5.74, 6) is -0.506. The summed E-state index contributed by atoms with van der Waals surface area (Å²) >= 11 is 5.59. The minimum atomic E-state index is -4.66. The van der Waals surface area contributed by atoms with Crippen molar-refractivity contribution >= 4 is 17.5 Å². The van der Waals surface area contributed by atoms with E-state index in [1.165, 1.54) is 11.9 Å². The van der Waals surface area contributed by atoms with E-state index in [0.717, 1.165) is 5.56 Å². The number of hydrogen-bond donors (Lipinski definition) is 0. The average molecular weight is 373 g/mol. The number of amides is 1. The van der Waals surface area contributed by atoms with E-state index < -0.39 is 34.8 Å². The third-order valence-electron chi connectivity index (χ3n) is 3.93. The summed E-state index contributed by atoms with van der Waals surface area (Å²) in [6.07, 6.45) is -4.06. The van der Waals surface area contributed by atoms with Crippen molar-refractivity contribution in [3.63, 3.8) is 0 Å². The topological polar surface area (TPSA) is 42.3 Å². The lowest BCUT2D eigenvalue weighted by Gasteiger charge is -2.26. The molecule has 1 heterocycles. The highest BCUT2D eigenvalue weighted by Crippen LogP contribution is 2.29. The van der Waals surface area contributed by atoms with Crippen LogP contribution in [0.4, 0.5) is 13.2 Å². The first-order chi connectivity index (χ1) is 11.6. The van der Waals surface area contributed by atoms with Crippen LogP contribution in [-0.2, 0) is 17.5 Å². The van der Waals surface area contributed by atoms with E-state index in [1.54, 1.807) is 6.92 Å². The number of aromatic nitrogens is 1. The molecule has 0 radical (unpaired) electrons. The first-order valence-corrected chi connectivity index (χ1v) is 7.77. The van der Waals surface area contributed by atoms with Crippen LogP contribution in [0.2, 0.25) is 5.02 Å². The second-order valence-corrected chi connectivity index (χ2v) is 6.01. The zero-order chi connectivity index (χ0) is 18.8. The molecule has 0 aliphatic rings. The van der Waals surface area contributed by atoms with Gasteiger partial charge in [-0.1, -0.05) is 41.9 Å². The van der Waals surface area contributed by atoms with Crippen molar-refractivity contribution in [3.8, 4) is 0 Å². The third kappa shape index (κ3) is 4.42. The number of benzene rings is 1. The predicted molar refractivity (Wildman–Crippen MR) is 88.3 cm³/mol. The quantitative estimate of drug-likeness (QED) is 0.820. The molecule has 25 heavy (non-hydrogen) atoms. The van der Waals surface area contributed by atoms with Gasteiger partial charge in [-0.15, -0.1) is 0 Å². The Labute approximate surface area is 147 Å². The Morgan fingerprint density at radius 3 is 2.44 bits per heavy atom. The molecule has 0 aliphatic heterocycles. The van der Waals surface area contributed by atoms with Crippen LogP contribution in [0.25, 0.3) is 0 Å². The van der Waals surface area contributed by atoms with Gasteiger partial charge in [0.1, 0.15) is 11.6 Å². The molecule has 0 bridgehead atoms. The van der Waals surface area contributed by atoms with E-state index in [1.807, 2.05) is 30.3 Å². The number of carbonyl (C=O) groups excluding carboxylic acids is 1. The molecule has 1 amide bonds. The monoisotopic (exact) mass is 372 g/mol. The zero-order valence-corrected chi connectivity index (χ0v) is 14.3. The Bertz CT molecular complexity index is 819. The summed E-state index contributed by atoms with van der Waals surface area (Å²) in [5.41, 5.74) is -1.06. The first kappa shape index (κ1) is 19.1. The smallest absolute Gasteiger partial charge is 0.337 e. The molecule has 1 aromatic carbocycles. The van der Waals surface area contributed by atoms with Crippen molar-refractivity contribution in [3.05, 3.63) is 69.1 Å². The van der Waals surface area contributed by atoms with Crippen molar-refractivity contribution < 1.29 is 18.0 Å². The van der Waals surface area contributed by atoms with Crippen LogP contribution in [-0.4, -0.2) is 22.4 Å². The molecule has 2 aromatic rings. The van der Waals surface area contributed by atoms with Crippen LogP contribution in [0.15, 0.2) is 47.4 Å². The molecule has 0 saturated carbocycles. The molecular weight excluding hydrogens is 357 g/mol. The van der Waals surface area contributed by atoms with Crippen molar-refractivity contribution in [1.82, 2.24) is 9.47 Å². The normalized spacial score (nSPS) is 12.7. The molecule has 134 valence electrons. The number of hydrogen-bond acceptors (Lipinski definition) is 2. The number of pyridine rings is 1. The van der Waals surface area contributed by atoms with Crippen LogP contribution in [0, 0.1) is 0 Å². The van der Waals surface area contributed by atoms with Crippen molar-refractivity contribution in [2.24, 2.45) is 0 Å². The lowest BCUT2D eigenvalue weighted by atomic mass is 10.1. The lowest BCUT2D eigenvalue weighted by molar-refractivity contribution is -0.138. The molecule has 4 nitrogen and oxygen atoms in total. The number of likely N-dealkylation sites (N-methyl/N-ethyl adjacent to an activating group) is 1. The fraction of sp³-hybridized carbons (Fsp3) is 0.294. The molecule has 0 saturated heterocycles. The standard InChI is InChI=1S/C17H16ClF3N2O2/c1-11(12-6-4-3-5-7-12)22(2)15(24)10-23-9-13(17(19,20)21)8-14(18)16(23)25/h3-9,11H,10H2,1-2H3. The molecule has 1 aromatic heterocycles. The van der Waals surface area contributed by atoms with Crippen LogP contribution in [0.3, 0.4) is 0 Å². The van der Waals surface area contributed by atoms with E-state index >= 15 is 0 Å². The van der Waals surface area contributed by atoms with Crippen LogP contribution in [0.5, 0.6) is 0 Å². The minimum Gasteiger partial charge on any atom is -0.337 e. The van der Waals surface area contributed by atoms with E-state index in [-0.39, 0.29) is 6.04 Å². The molecule has 8 heteroatoms. The van der Waals surface area contributed by atoms with Gasteiger partial charge in [0, 0.05) is 13.2 Å². The maximum atomic E-state index is 12.9. The second-order valence-electron chi connectivity index (χ2n) is 5.60. The Morgan fingerprint density at radius 1 is 1.28 bits per heavy atom. The summed E-state index contributed by atoms with van der Waals surface area (Å²) in [7, 11) is 1.53. The number of rotatable bonds is 4. The largest absolute Gasteiger partial charge is 0.417 e. The van der Waals surface area contributed by atoms with Crippen molar-refractivity contribution in [2.75, 3.05) is 7.05 Å². The number of alkyl halides is 3. The maximum Gasteiger partial charge on any atom is 0.417 e. The average Bonchev–Trinajstić information content (AvgIpc) is 2.57. The number of nitrogens with zero attached hydrogens (tertiary/aromatic N) is 2. The van der Waals surface area contributed by atoms with Crippen LogP contribution >= 0.6 is 11.6 Å². The van der Waals surface area contributed by atoms with Gasteiger partial charge in [0.15, 0.2) is 0 Å². The van der Waals surface area contributed by atoms with Crippen LogP contribution < -0.4 is 5.56 Å². The summed E-state index contributed by atoms with van der Waals surface area (Å²) < 4.78 is 39.2. The molecule has 0 aliphatic carbocycles. The minimum absolute atomic E-state index is 0.300. The molecule has 1 unspecified atom stereocenters. The summed E-state index contributed by atoms with van der Waals surface area (Å²) in [5, 5.41) is -0.582. The van der Waals surface area contributed by atoms with Crippen LogP contribution in [0.1, 0.15) is 24.1 Å². The highest BCUT2D eigenvalue weighted by atomic mass is 35.5. The lowest BCUT2D eigenvalue weighted by Crippen LogP contribution is -2.36. The van der Waals surface area contributed by atoms with Gasteiger partial charge in [-0.05, 0) is 18.6 Å². The highest BCUT2D eigenvalue weighted by Gasteiger charge is 2.32. The Kier molecular flexibility index (Phi) is 5.57. The third-order valence-corrected chi connectivity index (χ3v) is 4.20. The van der Waals surface area contributed by atoms with Gasteiger partial charge in [0.2, 0.25) is 5.91 Å². The van der Waals surface area contributed by atoms with Gasteiger partial charge in [-0.25, -0.2) is 0 Å². The molecule has 2 rings (SSSR count). The van der Waals surface area contributed by atoms with Gasteiger partial charge in [-0.2, -0.15) is 13.2 Å². The fourth-order valence-corrected chi connectivity index (χ4v) is 2.53. The van der Waals surface area contributed by atoms with Crippen molar-refractivity contribution in [1.29, 1.82) is 0 Å². The molecule has 1 atom stereocenters. The summed E-state index contributed by atoms with van der Waals surface area (Å²) in [4.78, 5) is 25.7. The van der Waals surface area contributed by atoms with Crippen molar-refractivity contribution in [2.45, 2.75) is 25.7 Å². The first-order valence-electron chi connectivity index (χ1n) is 7.39. The zero-order valence-electron chi connectivity index (χ0n) is 13.5. The molecule has 0 fully saturated rings. The van der Waals surface area contributed by atoms with E-state index in [4.69, 9.17) is 11.6 Å². The van der Waals surface area contributed by atoms with Gasteiger partial charge >= 0.3 is 6.18 Å². The summed E-state index contributed by atoms with van der Waals surface area (Å²) in [6.45, 7) is 1.26. The Morgan fingerprint density at radius 2 is 1.88 bits per heavy atom. The predicted octanol–water partition coefficient (Wildman–Crippen LogP) is 3.74.